The van der Waals surface area contributed by atoms with Crippen LogP contribution in [0.5, 0.6) is 0 Å². The van der Waals surface area contributed by atoms with Gasteiger partial charge >= 0.3 is 24.2 Å². The summed E-state index contributed by atoms with van der Waals surface area (Å²) in [6.07, 6.45) is -18.9. The number of nitrogens with one attached hydrogen (secondary N) is 2. The Morgan fingerprint density at radius 3 is 1.88 bits per heavy atom. The minimum absolute atomic E-state index is 0.00349. The van der Waals surface area contributed by atoms with E-state index in [1.54, 1.807) is 11.4 Å². The molecule has 0 fully saturated rings. The molecule has 2 N–H and O–H groups in total. The van der Waals surface area contributed by atoms with Crippen LogP contribution in [0.4, 0.5) is 55.3 Å². The summed E-state index contributed by atoms with van der Waals surface area (Å²) in [6, 6.07) is 9.86. The minimum Gasteiger partial charge on any atom is -0.322 e. The van der Waals surface area contributed by atoms with Crippen molar-refractivity contribution in [2.45, 2.75) is 24.2 Å². The number of hydrogen-bond donors (Lipinski definition) is 2. The van der Waals surface area contributed by atoms with Gasteiger partial charge in [-0.2, -0.15) is 39.5 Å². The van der Waals surface area contributed by atoms with E-state index in [2.05, 4.69) is 5.32 Å². The van der Waals surface area contributed by atoms with Crippen molar-refractivity contribution in [1.82, 2.24) is 0 Å². The molecule has 0 spiro atoms. The molecule has 3 aromatic carbocycles. The van der Waals surface area contributed by atoms with Crippen molar-refractivity contribution >= 4 is 57.4 Å². The van der Waals surface area contributed by atoms with Gasteiger partial charge in [-0.25, -0.2) is 4.39 Å². The molecule has 214 valence electrons. The first-order chi connectivity index (χ1) is 18.3. The zero-order valence-corrected chi connectivity index (χ0v) is 22.0. The van der Waals surface area contributed by atoms with E-state index in [-0.39, 0.29) is 27.9 Å². The largest absolute Gasteiger partial charge is 0.435 e. The molecule has 0 aliphatic carbocycles. The van der Waals surface area contributed by atoms with Crippen molar-refractivity contribution in [1.29, 1.82) is 0 Å². The van der Waals surface area contributed by atoms with Crippen LogP contribution in [0.3, 0.4) is 0 Å². The van der Waals surface area contributed by atoms with Crippen LogP contribution in [-0.2, 0) is 11.8 Å². The molecule has 0 saturated heterocycles. The highest BCUT2D eigenvalue weighted by Gasteiger charge is 2.73. The third-order valence-electron chi connectivity index (χ3n) is 5.31. The van der Waals surface area contributed by atoms with Crippen molar-refractivity contribution in [2.24, 2.45) is 0 Å². The first-order valence-corrected chi connectivity index (χ1v) is 11.9. The van der Waals surface area contributed by atoms with E-state index in [9.17, 15) is 53.5 Å². The maximum atomic E-state index is 14.5. The summed E-state index contributed by atoms with van der Waals surface area (Å²) >= 11 is 6.89. The van der Waals surface area contributed by atoms with Gasteiger partial charge in [0.25, 0.3) is 11.8 Å². The fourth-order valence-corrected chi connectivity index (χ4v) is 4.39. The highest BCUT2D eigenvalue weighted by molar-refractivity contribution is 14.1. The predicted molar refractivity (Wildman–Crippen MR) is 133 cm³/mol. The predicted octanol–water partition coefficient (Wildman–Crippen LogP) is 8.76. The Bertz CT molecular complexity index is 1440. The molecule has 0 unspecified atom stereocenters. The molecule has 40 heavy (non-hydrogen) atoms. The van der Waals surface area contributed by atoms with Gasteiger partial charge in [-0.05, 0) is 65.1 Å². The highest BCUT2D eigenvalue weighted by Crippen LogP contribution is 2.54. The molecule has 16 heteroatoms. The number of anilines is 2. The van der Waals surface area contributed by atoms with Crippen LogP contribution in [-0.4, -0.2) is 24.2 Å². The summed E-state index contributed by atoms with van der Waals surface area (Å²) in [5.74, 6) is -1.97. The standard InChI is InChI=1S/C24H12ClF10IN2O2/c25-16-7-2-1-6-14(16)20(40)37-13-5-3-4-11(8-13)19(39)38-18-15(22(27,28)29)9-12(10-17(18)36)21(26,23(30,31)32)24(33,34)35/h1-10H,(H,37,40)(H,38,39). The van der Waals surface area contributed by atoms with Crippen LogP contribution in [0.25, 0.3) is 0 Å². The molecule has 3 rings (SSSR count). The van der Waals surface area contributed by atoms with Gasteiger partial charge in [-0.3, -0.25) is 9.59 Å². The molecule has 0 heterocycles. The van der Waals surface area contributed by atoms with E-state index < -0.39 is 62.5 Å². The van der Waals surface area contributed by atoms with Gasteiger partial charge in [0, 0.05) is 20.4 Å². The van der Waals surface area contributed by atoms with Crippen LogP contribution in [0.2, 0.25) is 5.02 Å². The minimum atomic E-state index is -6.66. The summed E-state index contributed by atoms with van der Waals surface area (Å²) in [4.78, 5) is 25.2. The molecular formula is C24H12ClF10IN2O2. The Labute approximate surface area is 236 Å². The second kappa shape index (κ2) is 11.1. The molecule has 0 aliphatic heterocycles. The Hall–Kier alpha value is -3.08. The summed E-state index contributed by atoms with van der Waals surface area (Å²) in [5, 5.41) is 4.31. The first-order valence-electron chi connectivity index (χ1n) is 10.5. The third-order valence-corrected chi connectivity index (χ3v) is 6.49. The Morgan fingerprint density at radius 2 is 1.32 bits per heavy atom. The van der Waals surface area contributed by atoms with E-state index in [1.165, 1.54) is 30.3 Å². The molecule has 0 atom stereocenters. The fraction of sp³-hybridized carbons (Fsp3) is 0.167. The molecule has 0 aromatic heterocycles. The summed E-state index contributed by atoms with van der Waals surface area (Å²) < 4.78 is 134. The number of alkyl halides is 10. The number of amides is 2. The molecule has 0 radical (unpaired) electrons. The van der Waals surface area contributed by atoms with Gasteiger partial charge in [-0.15, -0.1) is 0 Å². The average molecular weight is 713 g/mol. The number of benzene rings is 3. The maximum absolute atomic E-state index is 14.5. The number of carbonyl (C=O) groups is 2. The maximum Gasteiger partial charge on any atom is 0.435 e. The van der Waals surface area contributed by atoms with E-state index in [4.69, 9.17) is 11.6 Å². The van der Waals surface area contributed by atoms with Crippen molar-refractivity contribution < 1.29 is 53.5 Å². The summed E-state index contributed by atoms with van der Waals surface area (Å²) in [7, 11) is 0. The first kappa shape index (κ1) is 31.4. The van der Waals surface area contributed by atoms with Crippen LogP contribution >= 0.6 is 34.2 Å². The van der Waals surface area contributed by atoms with Gasteiger partial charge < -0.3 is 10.6 Å². The van der Waals surface area contributed by atoms with Crippen molar-refractivity contribution in [2.75, 3.05) is 10.6 Å². The van der Waals surface area contributed by atoms with Gasteiger partial charge in [-0.1, -0.05) is 29.8 Å². The molecule has 3 aromatic rings. The zero-order valence-electron chi connectivity index (χ0n) is 19.1. The smallest absolute Gasteiger partial charge is 0.322 e. The molecule has 4 nitrogen and oxygen atoms in total. The SMILES string of the molecule is O=C(Nc1c(I)cc(C(F)(C(F)(F)F)C(F)(F)F)cc1C(F)(F)F)c1cccc(NC(=O)c2ccccc2Cl)c1. The number of hydrogen-bond acceptors (Lipinski definition) is 2. The van der Waals surface area contributed by atoms with E-state index in [0.29, 0.717) is 0 Å². The molecular weight excluding hydrogens is 701 g/mol. The molecule has 0 bridgehead atoms. The van der Waals surface area contributed by atoms with Gasteiger partial charge in [0.15, 0.2) is 0 Å². The lowest BCUT2D eigenvalue weighted by atomic mass is 9.92. The molecule has 2 amide bonds. The number of halogens is 12. The van der Waals surface area contributed by atoms with Crippen LogP contribution in [0, 0.1) is 3.57 Å². The van der Waals surface area contributed by atoms with E-state index in [0.717, 1.165) is 34.7 Å². The number of rotatable bonds is 5. The summed E-state index contributed by atoms with van der Waals surface area (Å²) in [6.45, 7) is 0. The number of carbonyl (C=O) groups excluding carboxylic acids is 2. The lowest BCUT2D eigenvalue weighted by Crippen LogP contribution is -2.50. The van der Waals surface area contributed by atoms with Crippen molar-refractivity contribution in [3.8, 4) is 0 Å². The van der Waals surface area contributed by atoms with E-state index in [1.807, 2.05) is 0 Å². The van der Waals surface area contributed by atoms with Gasteiger partial charge in [0.1, 0.15) is 0 Å². The molecule has 0 saturated carbocycles. The second-order valence-corrected chi connectivity index (χ2v) is 9.57. The second-order valence-electron chi connectivity index (χ2n) is 8.00. The lowest BCUT2D eigenvalue weighted by Gasteiger charge is -2.31. The fourth-order valence-electron chi connectivity index (χ4n) is 3.41. The average Bonchev–Trinajstić information content (AvgIpc) is 2.82. The van der Waals surface area contributed by atoms with Gasteiger partial charge in [0.05, 0.1) is 21.8 Å². The highest BCUT2D eigenvalue weighted by atomic mass is 127. The third kappa shape index (κ3) is 6.29. The van der Waals surface area contributed by atoms with Crippen LogP contribution < -0.4 is 10.6 Å². The normalized spacial score (nSPS) is 12.7. The van der Waals surface area contributed by atoms with Gasteiger partial charge in [0.2, 0.25) is 0 Å². The lowest BCUT2D eigenvalue weighted by molar-refractivity contribution is -0.348. The van der Waals surface area contributed by atoms with E-state index >= 15 is 0 Å². The zero-order chi connectivity index (χ0) is 30.3. The van der Waals surface area contributed by atoms with Crippen molar-refractivity contribution in [3.05, 3.63) is 91.5 Å². The molecule has 0 aliphatic rings. The van der Waals surface area contributed by atoms with Crippen LogP contribution in [0.15, 0.2) is 60.7 Å². The Morgan fingerprint density at radius 1 is 0.725 bits per heavy atom. The monoisotopic (exact) mass is 712 g/mol. The Kier molecular flexibility index (Phi) is 8.70. The topological polar surface area (TPSA) is 58.2 Å². The quantitative estimate of drug-likeness (QED) is 0.205. The van der Waals surface area contributed by atoms with Crippen molar-refractivity contribution in [3.63, 3.8) is 0 Å². The van der Waals surface area contributed by atoms with Crippen LogP contribution in [0.1, 0.15) is 31.8 Å². The summed E-state index contributed by atoms with van der Waals surface area (Å²) in [5.41, 5.74) is -12.2. The Balaban J connectivity index is 2.00.